The maximum absolute atomic E-state index is 4.27. The van der Waals surface area contributed by atoms with Gasteiger partial charge < -0.3 is 0 Å². The van der Waals surface area contributed by atoms with E-state index in [1.165, 1.54) is 60.0 Å². The Labute approximate surface area is 186 Å². The molecule has 1 atom stereocenters. The van der Waals surface area contributed by atoms with Crippen molar-refractivity contribution in [3.8, 4) is 0 Å². The van der Waals surface area contributed by atoms with Crippen LogP contribution in [0.25, 0.3) is 6.08 Å². The van der Waals surface area contributed by atoms with E-state index in [1.54, 1.807) is 16.7 Å². The third kappa shape index (κ3) is 6.86. The van der Waals surface area contributed by atoms with Crippen LogP contribution in [0.15, 0.2) is 48.1 Å². The van der Waals surface area contributed by atoms with Crippen molar-refractivity contribution in [3.05, 3.63) is 75.9 Å². The molecular formula is C30H44. The Morgan fingerprint density at radius 3 is 2.33 bits per heavy atom. The Bertz CT molecular complexity index is 826. The minimum Gasteiger partial charge on any atom is -0.0998 e. The van der Waals surface area contributed by atoms with Crippen LogP contribution in [0.4, 0.5) is 0 Å². The van der Waals surface area contributed by atoms with E-state index in [4.69, 9.17) is 0 Å². The number of fused-ring (bicyclic) bond motifs is 1. The largest absolute Gasteiger partial charge is 0.0998 e. The molecule has 0 aromatic heterocycles. The fourth-order valence-electron chi connectivity index (χ4n) is 4.73. The molecule has 0 saturated carbocycles. The average molecular weight is 405 g/mol. The lowest BCUT2D eigenvalue weighted by atomic mass is 9.71. The quantitative estimate of drug-likeness (QED) is 0.255. The highest BCUT2D eigenvalue weighted by Gasteiger charge is 2.29. The van der Waals surface area contributed by atoms with Gasteiger partial charge in [-0.3, -0.25) is 0 Å². The maximum Gasteiger partial charge on any atom is -0.00664 e. The summed E-state index contributed by atoms with van der Waals surface area (Å²) in [5, 5.41) is 0. The van der Waals surface area contributed by atoms with Gasteiger partial charge in [-0.15, -0.1) is 0 Å². The van der Waals surface area contributed by atoms with E-state index in [0.29, 0.717) is 0 Å². The Hall–Kier alpha value is -1.82. The lowest BCUT2D eigenvalue weighted by Crippen LogP contribution is -2.23. The molecule has 1 unspecified atom stereocenters. The molecule has 1 aliphatic rings. The van der Waals surface area contributed by atoms with Crippen molar-refractivity contribution in [2.24, 2.45) is 5.41 Å². The van der Waals surface area contributed by atoms with Crippen molar-refractivity contribution in [1.29, 1.82) is 0 Å². The predicted octanol–water partition coefficient (Wildman–Crippen LogP) is 8.98. The lowest BCUT2D eigenvalue weighted by molar-refractivity contribution is 0.388. The zero-order valence-electron chi connectivity index (χ0n) is 20.6. The van der Waals surface area contributed by atoms with E-state index in [2.05, 4.69) is 79.0 Å². The molecule has 164 valence electrons. The second-order valence-corrected chi connectivity index (χ2v) is 10.3. The third-order valence-electron chi connectivity index (χ3n) is 6.29. The molecule has 0 heterocycles. The summed E-state index contributed by atoms with van der Waals surface area (Å²) in [6.07, 6.45) is 17.8. The molecule has 0 fully saturated rings. The molecule has 0 saturated heterocycles. The van der Waals surface area contributed by atoms with Crippen LogP contribution in [0.2, 0.25) is 0 Å². The molecule has 30 heavy (non-hydrogen) atoms. The van der Waals surface area contributed by atoms with Crippen molar-refractivity contribution in [1.82, 2.24) is 0 Å². The van der Waals surface area contributed by atoms with Crippen LogP contribution >= 0.6 is 0 Å². The zero-order chi connectivity index (χ0) is 22.3. The summed E-state index contributed by atoms with van der Waals surface area (Å²) in [6.45, 7) is 22.0. The van der Waals surface area contributed by atoms with E-state index in [9.17, 15) is 0 Å². The van der Waals surface area contributed by atoms with Crippen molar-refractivity contribution in [2.45, 2.75) is 99.3 Å². The van der Waals surface area contributed by atoms with E-state index in [1.807, 2.05) is 0 Å². The Balaban J connectivity index is 2.52. The second kappa shape index (κ2) is 11.0. The fraction of sp³-hybridized carbons (Fsp3) is 0.533. The van der Waals surface area contributed by atoms with Gasteiger partial charge in [0, 0.05) is 0 Å². The first-order valence-electron chi connectivity index (χ1n) is 11.9. The first-order chi connectivity index (χ1) is 14.1. The van der Waals surface area contributed by atoms with Crippen molar-refractivity contribution in [2.75, 3.05) is 0 Å². The smallest absolute Gasteiger partial charge is 0.00664 e. The second-order valence-electron chi connectivity index (χ2n) is 10.3. The van der Waals surface area contributed by atoms with E-state index in [-0.39, 0.29) is 5.41 Å². The topological polar surface area (TPSA) is 0 Å². The summed E-state index contributed by atoms with van der Waals surface area (Å²) >= 11 is 0. The minimum atomic E-state index is 0.227. The Morgan fingerprint density at radius 2 is 1.73 bits per heavy atom. The summed E-state index contributed by atoms with van der Waals surface area (Å²) in [4.78, 5) is 0. The SMILES string of the molecule is C=C(C)Cc1cc(CCCCC)c(CC(=C)C)c2c1C=CC(C)(CCC=C(C)C)C2. The van der Waals surface area contributed by atoms with Crippen molar-refractivity contribution in [3.63, 3.8) is 0 Å². The van der Waals surface area contributed by atoms with Crippen LogP contribution in [0.1, 0.15) is 101 Å². The molecule has 1 aliphatic carbocycles. The van der Waals surface area contributed by atoms with Gasteiger partial charge in [0.25, 0.3) is 0 Å². The number of benzene rings is 1. The molecule has 0 radical (unpaired) electrons. The van der Waals surface area contributed by atoms with Crippen LogP contribution in [-0.2, 0) is 25.7 Å². The first-order valence-corrected chi connectivity index (χ1v) is 11.9. The number of unbranched alkanes of at least 4 members (excludes halogenated alkanes) is 2. The number of hydrogen-bond acceptors (Lipinski definition) is 0. The van der Waals surface area contributed by atoms with Gasteiger partial charge >= 0.3 is 0 Å². The number of rotatable bonds is 11. The number of aryl methyl sites for hydroxylation is 1. The molecule has 0 N–H and O–H groups in total. The minimum absolute atomic E-state index is 0.227. The molecule has 0 amide bonds. The first kappa shape index (κ1) is 24.4. The van der Waals surface area contributed by atoms with Gasteiger partial charge in [-0.05, 0) is 106 Å². The highest BCUT2D eigenvalue weighted by molar-refractivity contribution is 5.66. The van der Waals surface area contributed by atoms with Crippen LogP contribution in [0.3, 0.4) is 0 Å². The molecule has 0 spiro atoms. The van der Waals surface area contributed by atoms with Gasteiger partial charge in [0.1, 0.15) is 0 Å². The normalized spacial score (nSPS) is 17.5. The summed E-state index contributed by atoms with van der Waals surface area (Å²) in [5.41, 5.74) is 11.8. The van der Waals surface area contributed by atoms with Gasteiger partial charge in [0.2, 0.25) is 0 Å². The van der Waals surface area contributed by atoms with Crippen molar-refractivity contribution < 1.29 is 0 Å². The van der Waals surface area contributed by atoms with Gasteiger partial charge in [0.15, 0.2) is 0 Å². The zero-order valence-corrected chi connectivity index (χ0v) is 20.6. The Morgan fingerprint density at radius 1 is 1.03 bits per heavy atom. The van der Waals surface area contributed by atoms with E-state index >= 15 is 0 Å². The van der Waals surface area contributed by atoms with E-state index in [0.717, 1.165) is 25.7 Å². The lowest BCUT2D eigenvalue weighted by Gasteiger charge is -2.34. The molecule has 1 aromatic rings. The summed E-state index contributed by atoms with van der Waals surface area (Å²) < 4.78 is 0. The monoisotopic (exact) mass is 404 g/mol. The molecule has 0 nitrogen and oxygen atoms in total. The Kier molecular flexibility index (Phi) is 8.95. The molecule has 0 bridgehead atoms. The summed E-state index contributed by atoms with van der Waals surface area (Å²) in [7, 11) is 0. The highest BCUT2D eigenvalue weighted by atomic mass is 14.3. The van der Waals surface area contributed by atoms with Crippen molar-refractivity contribution >= 4 is 6.08 Å². The summed E-state index contributed by atoms with van der Waals surface area (Å²) in [6, 6.07) is 2.50. The van der Waals surface area contributed by atoms with E-state index < -0.39 is 0 Å². The van der Waals surface area contributed by atoms with Gasteiger partial charge in [-0.1, -0.05) is 80.9 Å². The van der Waals surface area contributed by atoms with Crippen LogP contribution in [0, 0.1) is 5.41 Å². The predicted molar refractivity (Wildman–Crippen MR) is 136 cm³/mol. The number of hydrogen-bond donors (Lipinski definition) is 0. The standard InChI is InChI=1S/C30H44/c1-9-10-11-14-25-20-26(18-23(4)5)27-15-17-30(8,16-12-13-22(2)3)21-29(27)28(25)19-24(6)7/h13,15,17,20H,4,6,9-12,14,16,18-19,21H2,1-3,5,7-8H3. The van der Waals surface area contributed by atoms with Gasteiger partial charge in [-0.25, -0.2) is 0 Å². The maximum atomic E-state index is 4.27. The summed E-state index contributed by atoms with van der Waals surface area (Å²) in [5.74, 6) is 0. The van der Waals surface area contributed by atoms with Crippen LogP contribution < -0.4 is 0 Å². The van der Waals surface area contributed by atoms with Gasteiger partial charge in [0.05, 0.1) is 0 Å². The van der Waals surface area contributed by atoms with Gasteiger partial charge in [-0.2, -0.15) is 0 Å². The van der Waals surface area contributed by atoms with Crippen LogP contribution in [0.5, 0.6) is 0 Å². The molecule has 0 aliphatic heterocycles. The number of allylic oxidation sites excluding steroid dienone is 5. The molecule has 0 heteroatoms. The molecular weight excluding hydrogens is 360 g/mol. The highest BCUT2D eigenvalue weighted by Crippen LogP contribution is 2.41. The molecule has 1 aromatic carbocycles. The van der Waals surface area contributed by atoms with Crippen LogP contribution in [-0.4, -0.2) is 0 Å². The third-order valence-corrected chi connectivity index (χ3v) is 6.29. The molecule has 2 rings (SSSR count). The average Bonchev–Trinajstić information content (AvgIpc) is 2.63. The fourth-order valence-corrected chi connectivity index (χ4v) is 4.73.